The molecular weight excluding hydrogens is 370 g/mol. The minimum Gasteiger partial charge on any atom is -0.450 e. The van der Waals surface area contributed by atoms with Gasteiger partial charge in [-0.15, -0.1) is 0 Å². The zero-order valence-corrected chi connectivity index (χ0v) is 16.9. The van der Waals surface area contributed by atoms with Crippen molar-refractivity contribution < 1.29 is 14.3 Å². The van der Waals surface area contributed by atoms with Gasteiger partial charge in [-0.3, -0.25) is 9.97 Å². The van der Waals surface area contributed by atoms with Crippen molar-refractivity contribution in [1.29, 1.82) is 0 Å². The standard InChI is InChI=1S/C21H29N5O3/c1-2-29-21(27)25-16-5-3-15(4-6-16)24-19-14-17(26-9-11-28-12-10-26)13-18-20(19)23-8-7-22-18/h7-8,13-16,24H,2-6,9-12H2,1H3,(H,25,27). The average molecular weight is 399 g/mol. The average Bonchev–Trinajstić information content (AvgIpc) is 2.76. The van der Waals surface area contributed by atoms with E-state index >= 15 is 0 Å². The molecule has 2 N–H and O–H groups in total. The zero-order chi connectivity index (χ0) is 20.1. The number of alkyl carbamates (subject to hydrolysis) is 1. The van der Waals surface area contributed by atoms with Crippen molar-refractivity contribution in [1.82, 2.24) is 15.3 Å². The molecule has 0 unspecified atom stereocenters. The van der Waals surface area contributed by atoms with Crippen LogP contribution in [0.5, 0.6) is 0 Å². The van der Waals surface area contributed by atoms with Crippen LogP contribution in [0, 0.1) is 0 Å². The third-order valence-corrected chi connectivity index (χ3v) is 5.62. The Morgan fingerprint density at radius 3 is 2.62 bits per heavy atom. The maximum absolute atomic E-state index is 11.6. The van der Waals surface area contributed by atoms with Gasteiger partial charge in [0.1, 0.15) is 5.52 Å². The molecule has 2 aromatic rings. The number of anilines is 2. The van der Waals surface area contributed by atoms with Crippen molar-refractivity contribution in [2.24, 2.45) is 0 Å². The number of aromatic nitrogens is 2. The Kier molecular flexibility index (Phi) is 6.29. The molecule has 1 aromatic heterocycles. The maximum Gasteiger partial charge on any atom is 0.407 e. The Morgan fingerprint density at radius 1 is 1.14 bits per heavy atom. The molecule has 0 bridgehead atoms. The Hall–Kier alpha value is -2.61. The maximum atomic E-state index is 11.6. The number of carbonyl (C=O) groups is 1. The van der Waals surface area contributed by atoms with Crippen LogP contribution < -0.4 is 15.5 Å². The van der Waals surface area contributed by atoms with Crippen LogP contribution in [0.4, 0.5) is 16.2 Å². The van der Waals surface area contributed by atoms with Gasteiger partial charge in [0.25, 0.3) is 0 Å². The number of nitrogens with one attached hydrogen (secondary N) is 2. The number of carbonyl (C=O) groups excluding carboxylic acids is 1. The first kappa shape index (κ1) is 19.7. The highest BCUT2D eigenvalue weighted by Crippen LogP contribution is 2.31. The number of rotatable bonds is 5. The molecule has 4 rings (SSSR count). The Balaban J connectivity index is 1.45. The smallest absolute Gasteiger partial charge is 0.407 e. The summed E-state index contributed by atoms with van der Waals surface area (Å²) in [6, 6.07) is 4.83. The number of amides is 1. The van der Waals surface area contributed by atoms with E-state index < -0.39 is 0 Å². The van der Waals surface area contributed by atoms with E-state index in [1.165, 1.54) is 0 Å². The lowest BCUT2D eigenvalue weighted by molar-refractivity contribution is 0.122. The van der Waals surface area contributed by atoms with Crippen molar-refractivity contribution in [2.75, 3.05) is 43.1 Å². The van der Waals surface area contributed by atoms with Crippen LogP contribution in [0.3, 0.4) is 0 Å². The Morgan fingerprint density at radius 2 is 1.86 bits per heavy atom. The minimum absolute atomic E-state index is 0.184. The molecule has 1 saturated heterocycles. The summed E-state index contributed by atoms with van der Waals surface area (Å²) in [6.07, 6.45) is 7.00. The van der Waals surface area contributed by atoms with Gasteiger partial charge in [0.2, 0.25) is 0 Å². The summed E-state index contributed by atoms with van der Waals surface area (Å²) in [6.45, 7) is 5.48. The Bertz CT molecular complexity index is 832. The number of fused-ring (bicyclic) bond motifs is 1. The summed E-state index contributed by atoms with van der Waals surface area (Å²) in [5.74, 6) is 0. The van der Waals surface area contributed by atoms with E-state index in [9.17, 15) is 4.79 Å². The molecule has 1 aliphatic heterocycles. The molecule has 8 nitrogen and oxygen atoms in total. The lowest BCUT2D eigenvalue weighted by atomic mass is 9.91. The number of nitrogens with zero attached hydrogens (tertiary/aromatic N) is 3. The second kappa shape index (κ2) is 9.26. The quantitative estimate of drug-likeness (QED) is 0.799. The molecule has 0 spiro atoms. The summed E-state index contributed by atoms with van der Waals surface area (Å²) in [5.41, 5.74) is 3.98. The minimum atomic E-state index is -0.316. The van der Waals surface area contributed by atoms with Crippen molar-refractivity contribution in [2.45, 2.75) is 44.7 Å². The van der Waals surface area contributed by atoms with Crippen LogP contribution in [0.1, 0.15) is 32.6 Å². The van der Waals surface area contributed by atoms with Crippen LogP contribution >= 0.6 is 0 Å². The second-order valence-corrected chi connectivity index (χ2v) is 7.57. The molecular formula is C21H29N5O3. The number of hydrogen-bond acceptors (Lipinski definition) is 7. The molecule has 1 aliphatic carbocycles. The molecule has 2 fully saturated rings. The first-order chi connectivity index (χ1) is 14.2. The monoisotopic (exact) mass is 399 g/mol. The highest BCUT2D eigenvalue weighted by Gasteiger charge is 2.24. The first-order valence-electron chi connectivity index (χ1n) is 10.5. The van der Waals surface area contributed by atoms with E-state index in [1.54, 1.807) is 12.4 Å². The van der Waals surface area contributed by atoms with Gasteiger partial charge in [-0.1, -0.05) is 0 Å². The molecule has 1 aromatic carbocycles. The second-order valence-electron chi connectivity index (χ2n) is 7.57. The number of hydrogen-bond donors (Lipinski definition) is 2. The van der Waals surface area contributed by atoms with Crippen LogP contribution in [-0.2, 0) is 9.47 Å². The van der Waals surface area contributed by atoms with Gasteiger partial charge in [0.05, 0.1) is 31.0 Å². The molecule has 2 heterocycles. The van der Waals surface area contributed by atoms with Gasteiger partial charge < -0.3 is 25.0 Å². The normalized spacial score (nSPS) is 22.3. The van der Waals surface area contributed by atoms with E-state index in [0.717, 1.165) is 74.4 Å². The van der Waals surface area contributed by atoms with Crippen LogP contribution in [0.15, 0.2) is 24.5 Å². The number of morpholine rings is 1. The number of benzene rings is 1. The van der Waals surface area contributed by atoms with E-state index in [4.69, 9.17) is 9.47 Å². The predicted molar refractivity (Wildman–Crippen MR) is 112 cm³/mol. The molecule has 1 amide bonds. The van der Waals surface area contributed by atoms with Crippen molar-refractivity contribution in [3.63, 3.8) is 0 Å². The highest BCUT2D eigenvalue weighted by atomic mass is 16.5. The fourth-order valence-electron chi connectivity index (χ4n) is 4.12. The molecule has 8 heteroatoms. The first-order valence-corrected chi connectivity index (χ1v) is 10.5. The SMILES string of the molecule is CCOC(=O)NC1CCC(Nc2cc(N3CCOCC3)cc3nccnc23)CC1. The van der Waals surface area contributed by atoms with E-state index in [0.29, 0.717) is 12.6 Å². The van der Waals surface area contributed by atoms with Gasteiger partial charge in [0, 0.05) is 43.3 Å². The fraction of sp³-hybridized carbons (Fsp3) is 0.571. The molecule has 1 saturated carbocycles. The van der Waals surface area contributed by atoms with Crippen LogP contribution in [-0.4, -0.2) is 61.1 Å². The summed E-state index contributed by atoms with van der Waals surface area (Å²) in [5, 5.41) is 6.65. The Labute approximate surface area is 171 Å². The summed E-state index contributed by atoms with van der Waals surface area (Å²) < 4.78 is 10.5. The molecule has 0 radical (unpaired) electrons. The van der Waals surface area contributed by atoms with Gasteiger partial charge >= 0.3 is 6.09 Å². The summed E-state index contributed by atoms with van der Waals surface area (Å²) in [4.78, 5) is 23.1. The van der Waals surface area contributed by atoms with E-state index in [-0.39, 0.29) is 12.1 Å². The third-order valence-electron chi connectivity index (χ3n) is 5.62. The van der Waals surface area contributed by atoms with Crippen molar-refractivity contribution in [3.8, 4) is 0 Å². The lowest BCUT2D eigenvalue weighted by Crippen LogP contribution is -2.40. The van der Waals surface area contributed by atoms with Crippen LogP contribution in [0.25, 0.3) is 11.0 Å². The van der Waals surface area contributed by atoms with Gasteiger partial charge in [0.15, 0.2) is 0 Å². The lowest BCUT2D eigenvalue weighted by Gasteiger charge is -2.32. The van der Waals surface area contributed by atoms with E-state index in [1.807, 2.05) is 6.92 Å². The molecule has 2 aliphatic rings. The summed E-state index contributed by atoms with van der Waals surface area (Å²) >= 11 is 0. The summed E-state index contributed by atoms with van der Waals surface area (Å²) in [7, 11) is 0. The van der Waals surface area contributed by atoms with Crippen LogP contribution in [0.2, 0.25) is 0 Å². The van der Waals surface area contributed by atoms with Crippen molar-refractivity contribution >= 4 is 28.5 Å². The van der Waals surface area contributed by atoms with E-state index in [2.05, 4.69) is 37.6 Å². The van der Waals surface area contributed by atoms with Gasteiger partial charge in [-0.25, -0.2) is 4.79 Å². The third kappa shape index (κ3) is 4.87. The molecule has 29 heavy (non-hydrogen) atoms. The highest BCUT2D eigenvalue weighted by molar-refractivity contribution is 5.91. The van der Waals surface area contributed by atoms with Gasteiger partial charge in [-0.2, -0.15) is 0 Å². The fourth-order valence-corrected chi connectivity index (χ4v) is 4.12. The largest absolute Gasteiger partial charge is 0.450 e. The molecule has 156 valence electrons. The molecule has 0 atom stereocenters. The topological polar surface area (TPSA) is 88.6 Å². The zero-order valence-electron chi connectivity index (χ0n) is 16.9. The predicted octanol–water partition coefficient (Wildman–Crippen LogP) is 2.94. The van der Waals surface area contributed by atoms with Gasteiger partial charge in [-0.05, 0) is 44.7 Å². The van der Waals surface area contributed by atoms with Crippen molar-refractivity contribution in [3.05, 3.63) is 24.5 Å². The number of ether oxygens (including phenoxy) is 2.